The van der Waals surface area contributed by atoms with Crippen molar-refractivity contribution in [2.24, 2.45) is 28.6 Å². The van der Waals surface area contributed by atoms with Crippen molar-refractivity contribution >= 4 is 17.4 Å². The standard InChI is InChI=1S/C36H42N2O5/c1-34-14-13-26(39)18-24(34)11-12-27-28-19-30-36(33(41)38(3)4,35(28,2)20-29(40)31(27)34)43-32(42-30)23-9-5-7-21(16-23)15-22-8-6-10-25(37)17-22/h5-10,13-14,16-18,27-32,40H,11-12,15,19-20,37H2,1-4H3/t27-,28-,29-,30+,31+,32-,34-,35-,36-/m0/s1. The maximum absolute atomic E-state index is 14.3. The summed E-state index contributed by atoms with van der Waals surface area (Å²) in [6, 6.07) is 16.1. The zero-order chi connectivity index (χ0) is 30.3. The predicted molar refractivity (Wildman–Crippen MR) is 164 cm³/mol. The lowest BCUT2D eigenvalue weighted by Crippen LogP contribution is -2.64. The van der Waals surface area contributed by atoms with Gasteiger partial charge in [-0.1, -0.05) is 61.9 Å². The third-order valence-corrected chi connectivity index (χ3v) is 11.5. The molecule has 1 amide bonds. The number of amides is 1. The van der Waals surface area contributed by atoms with Gasteiger partial charge in [-0.15, -0.1) is 0 Å². The molecule has 1 saturated heterocycles. The molecule has 5 aliphatic rings. The van der Waals surface area contributed by atoms with Crippen molar-refractivity contribution in [3.05, 3.63) is 89.0 Å². The molecular formula is C36H42N2O5. The number of carbonyl (C=O) groups excluding carboxylic acids is 2. The molecule has 0 unspecified atom stereocenters. The Labute approximate surface area is 253 Å². The van der Waals surface area contributed by atoms with Crippen LogP contribution in [0.1, 0.15) is 62.5 Å². The highest BCUT2D eigenvalue weighted by atomic mass is 16.7. The number of fused-ring (bicyclic) bond motifs is 7. The van der Waals surface area contributed by atoms with E-state index in [0.717, 1.165) is 47.2 Å². The normalized spacial score (nSPS) is 39.4. The lowest BCUT2D eigenvalue weighted by atomic mass is 9.46. The molecular weight excluding hydrogens is 540 g/mol. The number of ether oxygens (including phenoxy) is 2. The van der Waals surface area contributed by atoms with Crippen molar-refractivity contribution in [1.82, 2.24) is 4.90 Å². The van der Waals surface area contributed by atoms with Gasteiger partial charge in [0.2, 0.25) is 0 Å². The van der Waals surface area contributed by atoms with Gasteiger partial charge in [-0.25, -0.2) is 0 Å². The maximum Gasteiger partial charge on any atom is 0.257 e. The number of allylic oxidation sites excluding steroid dienone is 4. The Morgan fingerprint density at radius 2 is 1.86 bits per heavy atom. The Bertz CT molecular complexity index is 1550. The summed E-state index contributed by atoms with van der Waals surface area (Å²) >= 11 is 0. The summed E-state index contributed by atoms with van der Waals surface area (Å²) in [4.78, 5) is 28.1. The van der Waals surface area contributed by atoms with Crippen molar-refractivity contribution in [2.45, 2.75) is 70.1 Å². The Balaban J connectivity index is 1.22. The van der Waals surface area contributed by atoms with Crippen LogP contribution < -0.4 is 5.73 Å². The van der Waals surface area contributed by atoms with E-state index >= 15 is 0 Å². The molecule has 0 spiro atoms. The highest BCUT2D eigenvalue weighted by Crippen LogP contribution is 2.70. The van der Waals surface area contributed by atoms with Crippen LogP contribution in [0.3, 0.4) is 0 Å². The lowest BCUT2D eigenvalue weighted by Gasteiger charge is -2.59. The molecule has 3 N–H and O–H groups in total. The molecule has 3 saturated carbocycles. The van der Waals surface area contributed by atoms with Crippen LogP contribution in [-0.4, -0.2) is 53.6 Å². The van der Waals surface area contributed by atoms with E-state index < -0.39 is 29.5 Å². The van der Waals surface area contributed by atoms with Crippen LogP contribution in [0.5, 0.6) is 0 Å². The third-order valence-electron chi connectivity index (χ3n) is 11.5. The first-order valence-electron chi connectivity index (χ1n) is 15.6. The molecule has 2 aromatic carbocycles. The van der Waals surface area contributed by atoms with E-state index in [1.54, 1.807) is 31.1 Å². The molecule has 226 valence electrons. The van der Waals surface area contributed by atoms with E-state index in [1.807, 2.05) is 36.4 Å². The summed E-state index contributed by atoms with van der Waals surface area (Å²) in [5, 5.41) is 11.9. The number of carbonyl (C=O) groups is 2. The Morgan fingerprint density at radius 1 is 1.12 bits per heavy atom. The first-order chi connectivity index (χ1) is 20.5. The molecule has 7 nitrogen and oxygen atoms in total. The van der Waals surface area contributed by atoms with Crippen LogP contribution >= 0.6 is 0 Å². The van der Waals surface area contributed by atoms with Crippen molar-refractivity contribution in [3.8, 4) is 0 Å². The van der Waals surface area contributed by atoms with E-state index in [-0.39, 0.29) is 34.9 Å². The highest BCUT2D eigenvalue weighted by molar-refractivity contribution is 6.01. The Hall–Kier alpha value is -3.26. The number of benzene rings is 2. The second kappa shape index (κ2) is 9.88. The van der Waals surface area contributed by atoms with Gasteiger partial charge < -0.3 is 25.2 Å². The van der Waals surface area contributed by atoms with Gasteiger partial charge in [0, 0.05) is 42.1 Å². The fourth-order valence-corrected chi connectivity index (χ4v) is 9.71. The average molecular weight is 583 g/mol. The molecule has 4 fully saturated rings. The second-order valence-corrected chi connectivity index (χ2v) is 14.1. The van der Waals surface area contributed by atoms with Crippen LogP contribution in [-0.2, 0) is 25.5 Å². The zero-order valence-corrected chi connectivity index (χ0v) is 25.5. The Morgan fingerprint density at radius 3 is 2.60 bits per heavy atom. The molecule has 1 heterocycles. The summed E-state index contributed by atoms with van der Waals surface area (Å²) < 4.78 is 13.7. The number of aliphatic hydroxyl groups is 1. The van der Waals surface area contributed by atoms with Gasteiger partial charge in [0.25, 0.3) is 5.91 Å². The zero-order valence-electron chi connectivity index (χ0n) is 25.5. The largest absolute Gasteiger partial charge is 0.399 e. The van der Waals surface area contributed by atoms with Gasteiger partial charge in [0.15, 0.2) is 17.7 Å². The molecule has 0 radical (unpaired) electrons. The van der Waals surface area contributed by atoms with E-state index in [0.29, 0.717) is 12.8 Å². The molecule has 1 aliphatic heterocycles. The molecule has 43 heavy (non-hydrogen) atoms. The third kappa shape index (κ3) is 4.11. The van der Waals surface area contributed by atoms with Gasteiger partial charge >= 0.3 is 0 Å². The minimum atomic E-state index is -1.21. The summed E-state index contributed by atoms with van der Waals surface area (Å²) in [6.45, 7) is 4.31. The van der Waals surface area contributed by atoms with Gasteiger partial charge in [-0.2, -0.15) is 0 Å². The first kappa shape index (κ1) is 28.5. The summed E-state index contributed by atoms with van der Waals surface area (Å²) in [7, 11) is 3.55. The second-order valence-electron chi connectivity index (χ2n) is 14.1. The molecule has 7 heteroatoms. The van der Waals surface area contributed by atoms with Gasteiger partial charge in [-0.05, 0) is 79.4 Å². The van der Waals surface area contributed by atoms with Crippen LogP contribution in [0, 0.1) is 28.6 Å². The number of ketones is 1. The van der Waals surface area contributed by atoms with Crippen LogP contribution in [0.2, 0.25) is 0 Å². The number of nitrogen functional groups attached to an aromatic ring is 1. The summed E-state index contributed by atoms with van der Waals surface area (Å²) in [5.41, 5.74) is 8.77. The van der Waals surface area contributed by atoms with Gasteiger partial charge in [0.1, 0.15) is 6.10 Å². The first-order valence-corrected chi connectivity index (χ1v) is 15.6. The highest BCUT2D eigenvalue weighted by Gasteiger charge is 2.76. The van der Waals surface area contributed by atoms with Crippen molar-refractivity contribution < 1.29 is 24.2 Å². The van der Waals surface area contributed by atoms with E-state index in [2.05, 4.69) is 32.0 Å². The van der Waals surface area contributed by atoms with Crippen LogP contribution in [0.4, 0.5) is 5.69 Å². The number of nitrogens with two attached hydrogens (primary N) is 1. The van der Waals surface area contributed by atoms with Crippen LogP contribution in [0.25, 0.3) is 0 Å². The number of nitrogens with zero attached hydrogens (tertiary/aromatic N) is 1. The minimum Gasteiger partial charge on any atom is -0.399 e. The van der Waals surface area contributed by atoms with Gasteiger partial charge in [0.05, 0.1) is 6.10 Å². The molecule has 9 atom stereocenters. The predicted octanol–water partition coefficient (Wildman–Crippen LogP) is 4.99. The molecule has 7 rings (SSSR count). The fraction of sp³-hybridized carbons (Fsp3) is 0.500. The quantitative estimate of drug-likeness (QED) is 0.493. The van der Waals surface area contributed by atoms with Crippen molar-refractivity contribution in [2.75, 3.05) is 19.8 Å². The number of likely N-dealkylation sites (N-methyl/N-ethyl adjacent to an activating group) is 1. The van der Waals surface area contributed by atoms with E-state index in [9.17, 15) is 14.7 Å². The lowest BCUT2D eigenvalue weighted by molar-refractivity contribution is -0.205. The topological polar surface area (TPSA) is 102 Å². The molecule has 4 aliphatic carbocycles. The molecule has 0 aromatic heterocycles. The summed E-state index contributed by atoms with van der Waals surface area (Å²) in [5.74, 6) is 0.211. The van der Waals surface area contributed by atoms with E-state index in [4.69, 9.17) is 15.2 Å². The number of hydrogen-bond acceptors (Lipinski definition) is 6. The minimum absolute atomic E-state index is 0.0248. The van der Waals surface area contributed by atoms with Crippen LogP contribution in [0.15, 0.2) is 72.3 Å². The molecule has 2 aromatic rings. The number of rotatable bonds is 4. The SMILES string of the molecule is CN(C)C(=O)[C@@]12O[C@@H](c3cccc(Cc4cccc(N)c4)c3)O[C@@H]1C[C@H]1[C@@H]3CCC4=CC(=O)C=C[C@]4(C)[C@H]3[C@@H](O)C[C@@]12C. The average Bonchev–Trinajstić information content (AvgIpc) is 3.46. The smallest absolute Gasteiger partial charge is 0.257 e. The Kier molecular flexibility index (Phi) is 6.55. The monoisotopic (exact) mass is 582 g/mol. The maximum atomic E-state index is 14.3. The number of anilines is 1. The fourth-order valence-electron chi connectivity index (χ4n) is 9.71. The van der Waals surface area contributed by atoms with Crippen molar-refractivity contribution in [1.29, 1.82) is 0 Å². The molecule has 0 bridgehead atoms. The van der Waals surface area contributed by atoms with Gasteiger partial charge in [-0.3, -0.25) is 9.59 Å². The summed E-state index contributed by atoms with van der Waals surface area (Å²) in [6.07, 6.45) is 7.23. The number of aliphatic hydroxyl groups excluding tert-OH is 1. The van der Waals surface area contributed by atoms with Crippen molar-refractivity contribution in [3.63, 3.8) is 0 Å². The van der Waals surface area contributed by atoms with E-state index in [1.165, 1.54) is 0 Å². The number of hydrogen-bond donors (Lipinski definition) is 2.